The third-order valence-electron chi connectivity index (χ3n) is 6.12. The second-order valence-electron chi connectivity index (χ2n) is 8.47. The predicted molar refractivity (Wildman–Crippen MR) is 120 cm³/mol. The largest absolute Gasteiger partial charge is 0.381 e. The molecule has 0 radical (unpaired) electrons. The number of aromatic amines is 1. The second-order valence-corrected chi connectivity index (χ2v) is 8.47. The van der Waals surface area contributed by atoms with Gasteiger partial charge < -0.3 is 9.72 Å². The molecule has 1 aliphatic heterocycles. The number of aryl methyl sites for hydroxylation is 1. The van der Waals surface area contributed by atoms with Gasteiger partial charge >= 0.3 is 0 Å². The number of imidazole rings is 1. The first-order chi connectivity index (χ1) is 15.1. The molecule has 0 aliphatic carbocycles. The number of nitrogens with one attached hydrogen (secondary N) is 1. The van der Waals surface area contributed by atoms with Crippen LogP contribution in [0.5, 0.6) is 0 Å². The van der Waals surface area contributed by atoms with E-state index < -0.39 is 0 Å². The zero-order valence-electron chi connectivity index (χ0n) is 17.8. The first-order valence-corrected chi connectivity index (χ1v) is 10.8. The Morgan fingerprint density at radius 2 is 2.03 bits per heavy atom. The summed E-state index contributed by atoms with van der Waals surface area (Å²) >= 11 is 0. The van der Waals surface area contributed by atoms with Gasteiger partial charge in [-0.1, -0.05) is 37.3 Å². The van der Waals surface area contributed by atoms with Gasteiger partial charge in [-0.05, 0) is 37.0 Å². The standard InChI is InChI=1S/C25H26N4O2/c1-16-15-31-11-10-21(16)24-26-13-23-25(30)28-20(14-29(23)24)12-18-6-8-19(9-7-18)22-5-3-4-17(2)27-22/h3-9,13-14,16,21H,10-12,15H2,1-2H3,(H,28,30). The van der Waals surface area contributed by atoms with Crippen molar-refractivity contribution in [2.24, 2.45) is 5.92 Å². The van der Waals surface area contributed by atoms with E-state index >= 15 is 0 Å². The summed E-state index contributed by atoms with van der Waals surface area (Å²) in [7, 11) is 0. The van der Waals surface area contributed by atoms with E-state index in [1.165, 1.54) is 0 Å². The molecule has 1 aromatic carbocycles. The molecule has 6 nitrogen and oxygen atoms in total. The minimum absolute atomic E-state index is 0.100. The summed E-state index contributed by atoms with van der Waals surface area (Å²) < 4.78 is 7.57. The Morgan fingerprint density at radius 3 is 2.81 bits per heavy atom. The topological polar surface area (TPSA) is 72.3 Å². The monoisotopic (exact) mass is 414 g/mol. The molecule has 3 aromatic heterocycles. The van der Waals surface area contributed by atoms with Crippen LogP contribution < -0.4 is 5.56 Å². The highest BCUT2D eigenvalue weighted by Gasteiger charge is 2.27. The molecule has 4 aromatic rings. The summed E-state index contributed by atoms with van der Waals surface area (Å²) in [5.41, 5.74) is 5.56. The average molecular weight is 415 g/mol. The van der Waals surface area contributed by atoms with Crippen LogP contribution >= 0.6 is 0 Å². The van der Waals surface area contributed by atoms with Crippen molar-refractivity contribution >= 4 is 5.52 Å². The minimum Gasteiger partial charge on any atom is -0.381 e. The normalized spacial score (nSPS) is 19.0. The van der Waals surface area contributed by atoms with E-state index in [4.69, 9.17) is 4.74 Å². The van der Waals surface area contributed by atoms with Gasteiger partial charge in [-0.15, -0.1) is 0 Å². The number of rotatable bonds is 4. The van der Waals surface area contributed by atoms with E-state index in [9.17, 15) is 4.79 Å². The van der Waals surface area contributed by atoms with Crippen molar-refractivity contribution in [3.8, 4) is 11.3 Å². The number of hydrogen-bond donors (Lipinski definition) is 1. The lowest BCUT2D eigenvalue weighted by molar-refractivity contribution is 0.0451. The van der Waals surface area contributed by atoms with Gasteiger partial charge in [0.2, 0.25) is 0 Å². The summed E-state index contributed by atoms with van der Waals surface area (Å²) in [6.45, 7) is 5.65. The smallest absolute Gasteiger partial charge is 0.274 e. The fraction of sp³-hybridized carbons (Fsp3) is 0.320. The second kappa shape index (κ2) is 8.12. The lowest BCUT2D eigenvalue weighted by Gasteiger charge is -2.27. The van der Waals surface area contributed by atoms with Gasteiger partial charge in [0.1, 0.15) is 11.3 Å². The first kappa shape index (κ1) is 19.7. The third-order valence-corrected chi connectivity index (χ3v) is 6.12. The van der Waals surface area contributed by atoms with Crippen LogP contribution in [0.3, 0.4) is 0 Å². The molecular formula is C25H26N4O2. The summed E-state index contributed by atoms with van der Waals surface area (Å²) in [5.74, 6) is 1.64. The lowest BCUT2D eigenvalue weighted by atomic mass is 9.89. The minimum atomic E-state index is -0.100. The Labute approximate surface area is 181 Å². The maximum atomic E-state index is 12.7. The number of hydrogen-bond acceptors (Lipinski definition) is 4. The third kappa shape index (κ3) is 3.91. The Bertz CT molecular complexity index is 1270. The van der Waals surface area contributed by atoms with Gasteiger partial charge in [0.25, 0.3) is 5.56 Å². The molecule has 0 bridgehead atoms. The Hall–Kier alpha value is -3.25. The van der Waals surface area contributed by atoms with Gasteiger partial charge in [0.05, 0.1) is 11.9 Å². The number of ether oxygens (including phenoxy) is 1. The lowest BCUT2D eigenvalue weighted by Crippen LogP contribution is -2.25. The van der Waals surface area contributed by atoms with Crippen molar-refractivity contribution in [2.45, 2.75) is 32.6 Å². The molecule has 2 unspecified atom stereocenters. The van der Waals surface area contributed by atoms with Crippen molar-refractivity contribution in [1.82, 2.24) is 19.4 Å². The predicted octanol–water partition coefficient (Wildman–Crippen LogP) is 4.12. The first-order valence-electron chi connectivity index (χ1n) is 10.8. The summed E-state index contributed by atoms with van der Waals surface area (Å²) in [6, 6.07) is 14.4. The molecule has 1 saturated heterocycles. The number of aromatic nitrogens is 4. The van der Waals surface area contributed by atoms with Crippen LogP contribution in [0.1, 0.15) is 42.0 Å². The fourth-order valence-electron chi connectivity index (χ4n) is 4.42. The van der Waals surface area contributed by atoms with Crippen LogP contribution in [0, 0.1) is 12.8 Å². The van der Waals surface area contributed by atoms with E-state index in [1.54, 1.807) is 6.20 Å². The van der Waals surface area contributed by atoms with Crippen molar-refractivity contribution in [3.05, 3.63) is 88.0 Å². The highest BCUT2D eigenvalue weighted by Crippen LogP contribution is 2.31. The molecule has 31 heavy (non-hydrogen) atoms. The highest BCUT2D eigenvalue weighted by atomic mass is 16.5. The zero-order chi connectivity index (χ0) is 21.4. The Balaban J connectivity index is 1.44. The molecule has 0 saturated carbocycles. The zero-order valence-corrected chi connectivity index (χ0v) is 17.8. The molecule has 1 aliphatic rings. The van der Waals surface area contributed by atoms with Gasteiger partial charge in [0, 0.05) is 48.7 Å². The Kier molecular flexibility index (Phi) is 5.16. The van der Waals surface area contributed by atoms with E-state index in [1.807, 2.05) is 35.7 Å². The van der Waals surface area contributed by atoms with E-state index in [2.05, 4.69) is 46.1 Å². The maximum absolute atomic E-state index is 12.7. The van der Waals surface area contributed by atoms with Crippen LogP contribution in [0.2, 0.25) is 0 Å². The molecule has 0 amide bonds. The van der Waals surface area contributed by atoms with E-state index in [0.29, 0.717) is 23.8 Å². The van der Waals surface area contributed by atoms with Crippen molar-refractivity contribution in [3.63, 3.8) is 0 Å². The van der Waals surface area contributed by atoms with Crippen LogP contribution in [-0.4, -0.2) is 32.6 Å². The number of H-pyrrole nitrogens is 1. The van der Waals surface area contributed by atoms with Crippen LogP contribution in [0.25, 0.3) is 16.8 Å². The van der Waals surface area contributed by atoms with Crippen LogP contribution in [0.15, 0.2) is 59.7 Å². The SMILES string of the molecule is Cc1cccc(-c2ccc(Cc3cn4c(C5CCOCC5C)ncc4c(=O)[nH]3)cc2)n1. The molecule has 5 rings (SSSR count). The Morgan fingerprint density at radius 1 is 1.19 bits per heavy atom. The highest BCUT2D eigenvalue weighted by molar-refractivity contribution is 5.59. The van der Waals surface area contributed by atoms with E-state index in [0.717, 1.165) is 53.7 Å². The number of pyridine rings is 1. The fourth-order valence-corrected chi connectivity index (χ4v) is 4.42. The molecule has 4 heterocycles. The van der Waals surface area contributed by atoms with Crippen molar-refractivity contribution < 1.29 is 4.74 Å². The number of fused-ring (bicyclic) bond motifs is 1. The van der Waals surface area contributed by atoms with E-state index in [-0.39, 0.29) is 5.56 Å². The number of nitrogens with zero attached hydrogens (tertiary/aromatic N) is 3. The van der Waals surface area contributed by atoms with Crippen LogP contribution in [0.4, 0.5) is 0 Å². The summed E-state index contributed by atoms with van der Waals surface area (Å²) in [6.07, 6.45) is 5.28. The molecule has 6 heteroatoms. The molecule has 0 spiro atoms. The van der Waals surface area contributed by atoms with Crippen molar-refractivity contribution in [2.75, 3.05) is 13.2 Å². The average Bonchev–Trinajstić information content (AvgIpc) is 3.19. The molecule has 2 atom stereocenters. The quantitative estimate of drug-likeness (QED) is 0.545. The van der Waals surface area contributed by atoms with Crippen LogP contribution in [-0.2, 0) is 11.2 Å². The van der Waals surface area contributed by atoms with Gasteiger partial charge in [0.15, 0.2) is 0 Å². The van der Waals surface area contributed by atoms with Gasteiger partial charge in [-0.3, -0.25) is 14.2 Å². The number of benzene rings is 1. The summed E-state index contributed by atoms with van der Waals surface area (Å²) in [4.78, 5) is 24.9. The molecule has 1 fully saturated rings. The maximum Gasteiger partial charge on any atom is 0.274 e. The van der Waals surface area contributed by atoms with Gasteiger partial charge in [-0.2, -0.15) is 0 Å². The molecule has 158 valence electrons. The summed E-state index contributed by atoms with van der Waals surface area (Å²) in [5, 5.41) is 0. The molecule has 1 N–H and O–H groups in total. The molecular weight excluding hydrogens is 388 g/mol. The van der Waals surface area contributed by atoms with Gasteiger partial charge in [-0.25, -0.2) is 4.98 Å². The van der Waals surface area contributed by atoms with Crippen molar-refractivity contribution in [1.29, 1.82) is 0 Å².